The molecule has 0 aromatic rings. The van der Waals surface area contributed by atoms with E-state index in [0.717, 1.165) is 0 Å². The second kappa shape index (κ2) is 5.28. The van der Waals surface area contributed by atoms with Crippen LogP contribution in [0.1, 0.15) is 65.2 Å². The first-order valence-corrected chi connectivity index (χ1v) is 8.21. The van der Waals surface area contributed by atoms with E-state index in [-0.39, 0.29) is 9.49 Å². The Morgan fingerprint density at radius 1 is 0.833 bits per heavy atom. The van der Waals surface area contributed by atoms with E-state index in [2.05, 4.69) is 0 Å². The Bertz CT molecular complexity index is 254. The second-order valence-corrected chi connectivity index (χ2v) is 9.03. The molecule has 0 spiro atoms. The van der Waals surface area contributed by atoms with Crippen LogP contribution < -0.4 is 0 Å². The Morgan fingerprint density at radius 3 is 1.39 bits per heavy atom. The molecule has 1 nitrogen and oxygen atoms in total. The lowest BCUT2D eigenvalue weighted by atomic mass is 9.88. The van der Waals surface area contributed by atoms with E-state index >= 15 is 0 Å². The minimum absolute atomic E-state index is 0.263. The molecule has 0 atom stereocenters. The summed E-state index contributed by atoms with van der Waals surface area (Å²) in [7, 11) is 0. The summed E-state index contributed by atoms with van der Waals surface area (Å²) in [5.74, 6) is 0. The highest BCUT2D eigenvalue weighted by atomic mass is 32.2. The number of halogens is 2. The molecule has 0 bridgehead atoms. The Hall–Kier alpha value is 0.170. The van der Waals surface area contributed by atoms with Crippen molar-refractivity contribution in [3.05, 3.63) is 0 Å². The lowest BCUT2D eigenvalue weighted by molar-refractivity contribution is 0.208. The summed E-state index contributed by atoms with van der Waals surface area (Å²) in [6.45, 7) is 4.06. The lowest BCUT2D eigenvalue weighted by Gasteiger charge is -2.46. The van der Waals surface area contributed by atoms with E-state index in [1.165, 1.54) is 0 Å². The zero-order valence-electron chi connectivity index (χ0n) is 11.4. The molecule has 0 heterocycles. The van der Waals surface area contributed by atoms with Gasteiger partial charge in [0.25, 0.3) is 0 Å². The van der Waals surface area contributed by atoms with Crippen molar-refractivity contribution in [2.75, 3.05) is 0 Å². The summed E-state index contributed by atoms with van der Waals surface area (Å²) in [6.07, 6.45) is 3.51. The van der Waals surface area contributed by atoms with Crippen molar-refractivity contribution < 1.29 is 13.3 Å². The molecule has 2 saturated carbocycles. The quantitative estimate of drug-likeness (QED) is 0.698. The van der Waals surface area contributed by atoms with Gasteiger partial charge in [0.2, 0.25) is 0 Å². The van der Waals surface area contributed by atoms with Gasteiger partial charge in [-0.05, 0) is 50.7 Å². The van der Waals surface area contributed by atoms with Gasteiger partial charge >= 0.3 is 0 Å². The fraction of sp³-hybridized carbons (Fsp3) is 1.00. The van der Waals surface area contributed by atoms with E-state index in [1.54, 1.807) is 0 Å². The Labute approximate surface area is 112 Å². The van der Waals surface area contributed by atoms with Crippen LogP contribution >= 0.6 is 0 Å². The molecule has 2 rings (SSSR count). The van der Waals surface area contributed by atoms with E-state index < -0.39 is 23.5 Å². The first kappa shape index (κ1) is 14.6. The summed E-state index contributed by atoms with van der Waals surface area (Å²) in [5.41, 5.74) is 0. The van der Waals surface area contributed by atoms with Crippen LogP contribution in [0.3, 0.4) is 0 Å². The van der Waals surface area contributed by atoms with Gasteiger partial charge in [-0.15, -0.1) is 0 Å². The Balaban J connectivity index is 2.03. The van der Waals surface area contributed by atoms with Crippen molar-refractivity contribution in [2.24, 2.45) is 0 Å². The number of hydrogen-bond acceptors (Lipinski definition) is 1. The van der Waals surface area contributed by atoms with Crippen LogP contribution in [0, 0.1) is 0 Å². The van der Waals surface area contributed by atoms with Crippen LogP contribution in [0.4, 0.5) is 8.78 Å². The van der Waals surface area contributed by atoms with Crippen molar-refractivity contribution in [3.8, 4) is 0 Å². The van der Waals surface area contributed by atoms with Crippen molar-refractivity contribution in [1.29, 1.82) is 0 Å². The van der Waals surface area contributed by atoms with E-state index in [9.17, 15) is 13.3 Å². The highest BCUT2D eigenvalue weighted by Gasteiger charge is 2.51. The standard InChI is InChI=1S/C14H24F2OS/c1-13(7-3-11(15)4-8-13)18(17)14(2)9-5-12(16)6-10-14/h11-12H,3-10H2,1-2H3. The molecule has 2 aliphatic rings. The monoisotopic (exact) mass is 278 g/mol. The van der Waals surface area contributed by atoms with Gasteiger partial charge in [0, 0.05) is 25.7 Å². The van der Waals surface area contributed by atoms with Crippen molar-refractivity contribution in [2.45, 2.75) is 87.1 Å². The molecule has 0 unspecified atom stereocenters. The third-order valence-corrected chi connectivity index (χ3v) is 7.45. The van der Waals surface area contributed by atoms with Gasteiger partial charge in [-0.3, -0.25) is 0 Å². The third kappa shape index (κ3) is 2.84. The average Bonchev–Trinajstić information content (AvgIpc) is 2.36. The third-order valence-electron chi connectivity index (χ3n) is 4.84. The summed E-state index contributed by atoms with van der Waals surface area (Å²) in [4.78, 5) is 0. The molecule has 2 fully saturated rings. The van der Waals surface area contributed by atoms with Crippen LogP contribution in [0.5, 0.6) is 0 Å². The molecule has 4 heteroatoms. The van der Waals surface area contributed by atoms with Crippen LogP contribution in [-0.4, -0.2) is 26.4 Å². The normalized spacial score (nSPS) is 47.8. The predicted molar refractivity (Wildman–Crippen MR) is 71.7 cm³/mol. The maximum atomic E-state index is 13.2. The second-order valence-electron chi connectivity index (χ2n) is 6.52. The van der Waals surface area contributed by atoms with Crippen LogP contribution in [0.15, 0.2) is 0 Å². The highest BCUT2D eigenvalue weighted by Crippen LogP contribution is 2.46. The minimum Gasteiger partial charge on any atom is -0.616 e. The molecule has 0 radical (unpaired) electrons. The van der Waals surface area contributed by atoms with Gasteiger partial charge in [-0.25, -0.2) is 8.78 Å². The maximum absolute atomic E-state index is 13.2. The molecule has 0 aliphatic heterocycles. The Kier molecular flexibility index (Phi) is 4.27. The topological polar surface area (TPSA) is 23.1 Å². The van der Waals surface area contributed by atoms with Crippen molar-refractivity contribution in [3.63, 3.8) is 0 Å². The number of hydrogen-bond donors (Lipinski definition) is 0. The van der Waals surface area contributed by atoms with Gasteiger partial charge in [-0.2, -0.15) is 0 Å². The highest BCUT2D eigenvalue weighted by molar-refractivity contribution is 7.94. The fourth-order valence-corrected chi connectivity index (χ4v) is 5.75. The fourth-order valence-electron chi connectivity index (χ4n) is 3.35. The SMILES string of the molecule is CC1([S+]([O-])C2(C)CCC(F)CC2)CCC(F)CC1. The lowest BCUT2D eigenvalue weighted by Crippen LogP contribution is -2.52. The molecule has 106 valence electrons. The van der Waals surface area contributed by atoms with Gasteiger partial charge in [0.1, 0.15) is 21.8 Å². The molecule has 0 aromatic carbocycles. The smallest absolute Gasteiger partial charge is 0.123 e. The van der Waals surface area contributed by atoms with Crippen molar-refractivity contribution in [1.82, 2.24) is 0 Å². The largest absolute Gasteiger partial charge is 0.616 e. The maximum Gasteiger partial charge on any atom is 0.123 e. The van der Waals surface area contributed by atoms with Gasteiger partial charge in [0.15, 0.2) is 0 Å². The van der Waals surface area contributed by atoms with E-state index in [1.807, 2.05) is 13.8 Å². The summed E-state index contributed by atoms with van der Waals surface area (Å²) >= 11 is -0.987. The molecular formula is C14H24F2OS. The van der Waals surface area contributed by atoms with Crippen LogP contribution in [0.2, 0.25) is 0 Å². The molecule has 0 N–H and O–H groups in total. The number of alkyl halides is 2. The summed E-state index contributed by atoms with van der Waals surface area (Å²) < 4.78 is 38.8. The Morgan fingerprint density at radius 2 is 1.11 bits per heavy atom. The first-order valence-electron chi connectivity index (χ1n) is 7.06. The molecular weight excluding hydrogens is 254 g/mol. The molecule has 0 amide bonds. The molecule has 0 aromatic heterocycles. The van der Waals surface area contributed by atoms with E-state index in [0.29, 0.717) is 51.4 Å². The van der Waals surface area contributed by atoms with Gasteiger partial charge < -0.3 is 4.55 Å². The molecule has 2 aliphatic carbocycles. The summed E-state index contributed by atoms with van der Waals surface area (Å²) in [5, 5.41) is 0. The zero-order chi connectivity index (χ0) is 13.4. The minimum atomic E-state index is -0.987. The zero-order valence-corrected chi connectivity index (χ0v) is 12.2. The van der Waals surface area contributed by atoms with Gasteiger partial charge in [-0.1, -0.05) is 0 Å². The van der Waals surface area contributed by atoms with E-state index in [4.69, 9.17) is 0 Å². The van der Waals surface area contributed by atoms with Gasteiger partial charge in [0.05, 0.1) is 0 Å². The predicted octanol–water partition coefficient (Wildman–Crippen LogP) is 4.08. The molecule has 0 saturated heterocycles. The summed E-state index contributed by atoms with van der Waals surface area (Å²) in [6, 6.07) is 0. The average molecular weight is 278 g/mol. The number of rotatable bonds is 2. The molecule has 18 heavy (non-hydrogen) atoms. The van der Waals surface area contributed by atoms with Crippen LogP contribution in [0.25, 0.3) is 0 Å². The van der Waals surface area contributed by atoms with Crippen LogP contribution in [-0.2, 0) is 11.2 Å². The first-order chi connectivity index (χ1) is 8.36. The van der Waals surface area contributed by atoms with Crippen molar-refractivity contribution >= 4 is 11.2 Å².